The lowest BCUT2D eigenvalue weighted by molar-refractivity contribution is 0.594. The molecule has 0 aromatic heterocycles. The monoisotopic (exact) mass is 245 g/mol. The van der Waals surface area contributed by atoms with Crippen molar-refractivity contribution >= 4 is 0 Å². The van der Waals surface area contributed by atoms with Crippen LogP contribution >= 0.6 is 0 Å². The standard InChI is InChI=1S/C17H27N/c1-13(2)18-10-6-7-14(3)11-17-9-8-15(4)16(5)12-17/h7-9,12-13,18H,6,10-11H2,1-5H3. The fourth-order valence-corrected chi connectivity index (χ4v) is 2.00. The van der Waals surface area contributed by atoms with Crippen LogP contribution in [0.1, 0.15) is 43.9 Å². The van der Waals surface area contributed by atoms with Gasteiger partial charge in [0.15, 0.2) is 0 Å². The molecule has 0 saturated carbocycles. The molecule has 0 bridgehead atoms. The summed E-state index contributed by atoms with van der Waals surface area (Å²) in [6, 6.07) is 7.35. The van der Waals surface area contributed by atoms with Crippen LogP contribution in [0.25, 0.3) is 0 Å². The maximum Gasteiger partial charge on any atom is 0.00105 e. The number of nitrogens with one attached hydrogen (secondary N) is 1. The number of hydrogen-bond acceptors (Lipinski definition) is 1. The first kappa shape index (κ1) is 15.0. The SMILES string of the molecule is CC(=CCCNC(C)C)Cc1ccc(C)c(C)c1. The van der Waals surface area contributed by atoms with Gasteiger partial charge in [0, 0.05) is 6.04 Å². The fourth-order valence-electron chi connectivity index (χ4n) is 2.00. The van der Waals surface area contributed by atoms with Crippen LogP contribution in [0.3, 0.4) is 0 Å². The highest BCUT2D eigenvalue weighted by Gasteiger charge is 1.98. The lowest BCUT2D eigenvalue weighted by Crippen LogP contribution is -2.23. The zero-order valence-corrected chi connectivity index (χ0v) is 12.5. The molecule has 1 nitrogen and oxygen atoms in total. The Bertz CT molecular complexity index is 402. The van der Waals surface area contributed by atoms with Gasteiger partial charge < -0.3 is 5.32 Å². The second kappa shape index (κ2) is 7.38. The molecule has 1 aromatic rings. The van der Waals surface area contributed by atoms with E-state index >= 15 is 0 Å². The first-order valence-electron chi connectivity index (χ1n) is 6.94. The van der Waals surface area contributed by atoms with Crippen LogP contribution in [-0.2, 0) is 6.42 Å². The molecule has 0 atom stereocenters. The lowest BCUT2D eigenvalue weighted by Gasteiger charge is -2.07. The van der Waals surface area contributed by atoms with Crippen molar-refractivity contribution in [2.75, 3.05) is 6.54 Å². The number of allylic oxidation sites excluding steroid dienone is 1. The number of aryl methyl sites for hydroxylation is 2. The highest BCUT2D eigenvalue weighted by atomic mass is 14.9. The molecule has 0 aliphatic carbocycles. The molecule has 1 aromatic carbocycles. The third kappa shape index (κ3) is 5.50. The van der Waals surface area contributed by atoms with E-state index in [1.165, 1.54) is 22.3 Å². The van der Waals surface area contributed by atoms with E-state index < -0.39 is 0 Å². The molecule has 1 N–H and O–H groups in total. The van der Waals surface area contributed by atoms with Crippen molar-refractivity contribution in [3.05, 3.63) is 46.5 Å². The van der Waals surface area contributed by atoms with Gasteiger partial charge in [-0.25, -0.2) is 0 Å². The van der Waals surface area contributed by atoms with E-state index in [1.54, 1.807) is 0 Å². The van der Waals surface area contributed by atoms with Crippen LogP contribution in [0, 0.1) is 13.8 Å². The molecule has 0 unspecified atom stereocenters. The van der Waals surface area contributed by atoms with E-state index in [0.717, 1.165) is 19.4 Å². The Balaban J connectivity index is 2.45. The molecule has 0 fully saturated rings. The lowest BCUT2D eigenvalue weighted by atomic mass is 10.0. The Labute approximate surface area is 112 Å². The Hall–Kier alpha value is -1.08. The van der Waals surface area contributed by atoms with Gasteiger partial charge in [-0.05, 0) is 56.8 Å². The minimum atomic E-state index is 0.582. The third-order valence-electron chi connectivity index (χ3n) is 3.24. The van der Waals surface area contributed by atoms with Gasteiger partial charge in [0.2, 0.25) is 0 Å². The van der Waals surface area contributed by atoms with Gasteiger partial charge in [0.25, 0.3) is 0 Å². The summed E-state index contributed by atoms with van der Waals surface area (Å²) < 4.78 is 0. The predicted molar refractivity (Wildman–Crippen MR) is 81.1 cm³/mol. The topological polar surface area (TPSA) is 12.0 Å². The highest BCUT2D eigenvalue weighted by molar-refractivity contribution is 5.32. The molecule has 0 amide bonds. The smallest absolute Gasteiger partial charge is 0.00105 e. The quantitative estimate of drug-likeness (QED) is 0.585. The number of rotatable bonds is 6. The second-order valence-electron chi connectivity index (χ2n) is 5.54. The van der Waals surface area contributed by atoms with E-state index in [1.807, 2.05) is 0 Å². The zero-order chi connectivity index (χ0) is 13.5. The molecule has 0 spiro atoms. The molecular formula is C17H27N. The van der Waals surface area contributed by atoms with Crippen LogP contribution in [0.2, 0.25) is 0 Å². The summed E-state index contributed by atoms with van der Waals surface area (Å²) in [5.74, 6) is 0. The van der Waals surface area contributed by atoms with E-state index in [0.29, 0.717) is 6.04 Å². The van der Waals surface area contributed by atoms with Crippen molar-refractivity contribution in [2.24, 2.45) is 0 Å². The number of hydrogen-bond donors (Lipinski definition) is 1. The van der Waals surface area contributed by atoms with Crippen molar-refractivity contribution in [1.29, 1.82) is 0 Å². The third-order valence-corrected chi connectivity index (χ3v) is 3.24. The molecule has 100 valence electrons. The fraction of sp³-hybridized carbons (Fsp3) is 0.529. The van der Waals surface area contributed by atoms with Crippen molar-refractivity contribution in [1.82, 2.24) is 5.32 Å². The average Bonchev–Trinajstić information content (AvgIpc) is 2.29. The van der Waals surface area contributed by atoms with E-state index in [4.69, 9.17) is 0 Å². The van der Waals surface area contributed by atoms with E-state index in [2.05, 4.69) is 64.2 Å². The van der Waals surface area contributed by atoms with Gasteiger partial charge in [-0.1, -0.05) is 43.7 Å². The first-order chi connectivity index (χ1) is 8.49. The van der Waals surface area contributed by atoms with Gasteiger partial charge >= 0.3 is 0 Å². The van der Waals surface area contributed by atoms with Gasteiger partial charge in [0.1, 0.15) is 0 Å². The van der Waals surface area contributed by atoms with Crippen molar-refractivity contribution in [2.45, 2.75) is 53.5 Å². The van der Waals surface area contributed by atoms with Gasteiger partial charge in [0.05, 0.1) is 0 Å². The van der Waals surface area contributed by atoms with E-state index in [9.17, 15) is 0 Å². The Kier molecular flexibility index (Phi) is 6.14. The second-order valence-corrected chi connectivity index (χ2v) is 5.54. The molecule has 0 heterocycles. The largest absolute Gasteiger partial charge is 0.314 e. The molecule has 1 heteroatoms. The van der Waals surface area contributed by atoms with Crippen LogP contribution in [0.15, 0.2) is 29.8 Å². The highest BCUT2D eigenvalue weighted by Crippen LogP contribution is 2.13. The average molecular weight is 245 g/mol. The van der Waals surface area contributed by atoms with Crippen LogP contribution < -0.4 is 5.32 Å². The molecule has 0 aliphatic heterocycles. The van der Waals surface area contributed by atoms with Crippen LogP contribution in [0.5, 0.6) is 0 Å². The Morgan fingerprint density at radius 2 is 1.94 bits per heavy atom. The maximum absolute atomic E-state index is 3.44. The summed E-state index contributed by atoms with van der Waals surface area (Å²) in [4.78, 5) is 0. The molecule has 0 saturated heterocycles. The van der Waals surface area contributed by atoms with E-state index in [-0.39, 0.29) is 0 Å². The first-order valence-corrected chi connectivity index (χ1v) is 6.94. The summed E-state index contributed by atoms with van der Waals surface area (Å²) >= 11 is 0. The summed E-state index contributed by atoms with van der Waals surface area (Å²) in [5.41, 5.74) is 5.65. The van der Waals surface area contributed by atoms with Crippen LogP contribution in [-0.4, -0.2) is 12.6 Å². The summed E-state index contributed by atoms with van der Waals surface area (Å²) in [7, 11) is 0. The zero-order valence-electron chi connectivity index (χ0n) is 12.5. The summed E-state index contributed by atoms with van der Waals surface area (Å²) in [6.45, 7) is 12.0. The summed E-state index contributed by atoms with van der Waals surface area (Å²) in [6.07, 6.45) is 4.54. The Morgan fingerprint density at radius 3 is 2.56 bits per heavy atom. The summed E-state index contributed by atoms with van der Waals surface area (Å²) in [5, 5.41) is 3.44. The molecule has 0 radical (unpaired) electrons. The normalized spacial score (nSPS) is 12.2. The van der Waals surface area contributed by atoms with Crippen LogP contribution in [0.4, 0.5) is 0 Å². The predicted octanol–water partition coefficient (Wildman–Crippen LogP) is 4.18. The Morgan fingerprint density at radius 1 is 1.22 bits per heavy atom. The van der Waals surface area contributed by atoms with Gasteiger partial charge in [-0.3, -0.25) is 0 Å². The molecular weight excluding hydrogens is 218 g/mol. The van der Waals surface area contributed by atoms with Crippen molar-refractivity contribution in [3.63, 3.8) is 0 Å². The van der Waals surface area contributed by atoms with Gasteiger partial charge in [-0.2, -0.15) is 0 Å². The molecule has 0 aliphatic rings. The maximum atomic E-state index is 3.44. The minimum absolute atomic E-state index is 0.582. The van der Waals surface area contributed by atoms with Crippen molar-refractivity contribution < 1.29 is 0 Å². The van der Waals surface area contributed by atoms with Crippen molar-refractivity contribution in [3.8, 4) is 0 Å². The molecule has 1 rings (SSSR count). The molecule has 18 heavy (non-hydrogen) atoms. The minimum Gasteiger partial charge on any atom is -0.314 e. The number of benzene rings is 1. The van der Waals surface area contributed by atoms with Gasteiger partial charge in [-0.15, -0.1) is 0 Å².